The van der Waals surface area contributed by atoms with E-state index in [1.807, 2.05) is 70.6 Å². The average molecular weight is 474 g/mol. The summed E-state index contributed by atoms with van der Waals surface area (Å²) in [5.41, 5.74) is 10.3. The quantitative estimate of drug-likeness (QED) is 0.425. The van der Waals surface area contributed by atoms with Gasteiger partial charge >= 0.3 is 0 Å². The Morgan fingerprint density at radius 3 is 2.68 bits per heavy atom. The molecule has 2 amide bonds. The number of nitrogens with two attached hydrogens (primary N) is 1. The number of piperidine rings is 1. The minimum atomic E-state index is -0.211. The first-order valence-corrected chi connectivity index (χ1v) is 12.3. The van der Waals surface area contributed by atoms with E-state index >= 15 is 0 Å². The van der Waals surface area contributed by atoms with Crippen molar-refractivity contribution >= 4 is 33.8 Å². The highest BCUT2D eigenvalue weighted by molar-refractivity contribution is 7.15. The molecule has 1 aliphatic heterocycles. The number of aromatic nitrogens is 2. The largest absolute Gasteiger partial charge is 0.369 e. The molecule has 0 radical (unpaired) electrons. The highest BCUT2D eigenvalue weighted by Gasteiger charge is 2.23. The third-order valence-electron chi connectivity index (χ3n) is 6.25. The standard InChI is InChI=1S/C26H27N5O2S/c27-25(33)20-7-4-12-30(15-20)14-18-8-10-21(11-9-18)28-24(32)13-22-17-34-26-29-23(16-31(22)26)19-5-2-1-3-6-19/h1-3,5-6,8-11,16-17,20H,4,7,12-15H2,(H2,27,33)(H,28,32). The van der Waals surface area contributed by atoms with E-state index in [0.717, 1.165) is 59.1 Å². The van der Waals surface area contributed by atoms with Crippen LogP contribution in [0.3, 0.4) is 0 Å². The number of carbonyl (C=O) groups excluding carboxylic acids is 2. The van der Waals surface area contributed by atoms with Crippen molar-refractivity contribution in [3.63, 3.8) is 0 Å². The lowest BCUT2D eigenvalue weighted by Gasteiger charge is -2.31. The molecule has 0 spiro atoms. The lowest BCUT2D eigenvalue weighted by atomic mass is 9.97. The summed E-state index contributed by atoms with van der Waals surface area (Å²) < 4.78 is 1.99. The molecule has 2 aromatic heterocycles. The van der Waals surface area contributed by atoms with Crippen LogP contribution in [-0.4, -0.2) is 39.2 Å². The number of likely N-dealkylation sites (tertiary alicyclic amines) is 1. The van der Waals surface area contributed by atoms with Crippen molar-refractivity contribution in [3.8, 4) is 11.3 Å². The van der Waals surface area contributed by atoms with E-state index in [2.05, 4.69) is 15.2 Å². The maximum Gasteiger partial charge on any atom is 0.230 e. The summed E-state index contributed by atoms with van der Waals surface area (Å²) in [7, 11) is 0. The number of rotatable bonds is 7. The molecule has 7 nitrogen and oxygen atoms in total. The molecular formula is C26H27N5O2S. The minimum Gasteiger partial charge on any atom is -0.369 e. The molecule has 8 heteroatoms. The lowest BCUT2D eigenvalue weighted by Crippen LogP contribution is -2.40. The van der Waals surface area contributed by atoms with Crippen LogP contribution < -0.4 is 11.1 Å². The molecule has 4 aromatic rings. The second-order valence-electron chi connectivity index (χ2n) is 8.77. The van der Waals surface area contributed by atoms with Gasteiger partial charge in [0.05, 0.1) is 18.0 Å². The van der Waals surface area contributed by atoms with Crippen LogP contribution in [0.2, 0.25) is 0 Å². The zero-order valence-electron chi connectivity index (χ0n) is 18.8. The number of nitrogens with one attached hydrogen (secondary N) is 1. The van der Waals surface area contributed by atoms with Crippen molar-refractivity contribution in [1.29, 1.82) is 0 Å². The molecule has 0 saturated carbocycles. The van der Waals surface area contributed by atoms with Crippen molar-refractivity contribution in [2.75, 3.05) is 18.4 Å². The van der Waals surface area contributed by atoms with Gasteiger partial charge in [0.2, 0.25) is 11.8 Å². The normalized spacial score (nSPS) is 16.5. The average Bonchev–Trinajstić information content (AvgIpc) is 3.43. The Balaban J connectivity index is 1.19. The molecule has 2 aromatic carbocycles. The topological polar surface area (TPSA) is 92.7 Å². The summed E-state index contributed by atoms with van der Waals surface area (Å²) in [6, 6.07) is 17.9. The minimum absolute atomic E-state index is 0.0600. The predicted octanol–water partition coefficient (Wildman–Crippen LogP) is 3.94. The van der Waals surface area contributed by atoms with Gasteiger partial charge < -0.3 is 11.1 Å². The van der Waals surface area contributed by atoms with Crippen molar-refractivity contribution in [3.05, 3.63) is 77.4 Å². The molecule has 0 bridgehead atoms. The van der Waals surface area contributed by atoms with Gasteiger partial charge in [-0.1, -0.05) is 42.5 Å². The zero-order chi connectivity index (χ0) is 23.5. The van der Waals surface area contributed by atoms with Crippen molar-refractivity contribution in [1.82, 2.24) is 14.3 Å². The van der Waals surface area contributed by atoms with E-state index in [0.29, 0.717) is 6.54 Å². The number of carbonyl (C=O) groups is 2. The second-order valence-corrected chi connectivity index (χ2v) is 9.61. The van der Waals surface area contributed by atoms with Gasteiger partial charge in [0.1, 0.15) is 0 Å². The van der Waals surface area contributed by atoms with Gasteiger partial charge in [-0.25, -0.2) is 4.98 Å². The van der Waals surface area contributed by atoms with Crippen LogP contribution in [-0.2, 0) is 22.6 Å². The van der Waals surface area contributed by atoms with Crippen molar-refractivity contribution in [2.24, 2.45) is 11.7 Å². The third-order valence-corrected chi connectivity index (χ3v) is 7.14. The van der Waals surface area contributed by atoms with E-state index in [1.54, 1.807) is 0 Å². The fourth-order valence-corrected chi connectivity index (χ4v) is 5.33. The van der Waals surface area contributed by atoms with Crippen LogP contribution in [0, 0.1) is 5.92 Å². The van der Waals surface area contributed by atoms with Crippen LogP contribution in [0.1, 0.15) is 24.1 Å². The van der Waals surface area contributed by atoms with Gasteiger partial charge in [-0.3, -0.25) is 18.9 Å². The molecule has 1 saturated heterocycles. The van der Waals surface area contributed by atoms with E-state index in [4.69, 9.17) is 5.73 Å². The van der Waals surface area contributed by atoms with E-state index in [-0.39, 0.29) is 24.2 Å². The Bertz CT molecular complexity index is 1300. The number of benzene rings is 2. The fourth-order valence-electron chi connectivity index (χ4n) is 4.46. The Labute approximate surface area is 202 Å². The molecule has 3 N–H and O–H groups in total. The second kappa shape index (κ2) is 9.79. The molecule has 34 heavy (non-hydrogen) atoms. The number of hydrogen-bond acceptors (Lipinski definition) is 5. The Morgan fingerprint density at radius 2 is 1.91 bits per heavy atom. The summed E-state index contributed by atoms with van der Waals surface area (Å²) in [5, 5.41) is 4.98. The summed E-state index contributed by atoms with van der Waals surface area (Å²) in [4.78, 5) is 32.0. The first-order chi connectivity index (χ1) is 16.5. The predicted molar refractivity (Wildman–Crippen MR) is 134 cm³/mol. The van der Waals surface area contributed by atoms with E-state index in [9.17, 15) is 9.59 Å². The molecule has 3 heterocycles. The van der Waals surface area contributed by atoms with Gasteiger partial charge in [-0.05, 0) is 37.1 Å². The smallest absolute Gasteiger partial charge is 0.230 e. The molecule has 1 fully saturated rings. The number of amides is 2. The van der Waals surface area contributed by atoms with Crippen LogP contribution in [0.25, 0.3) is 16.2 Å². The van der Waals surface area contributed by atoms with Crippen LogP contribution in [0.4, 0.5) is 5.69 Å². The highest BCUT2D eigenvalue weighted by Crippen LogP contribution is 2.24. The maximum absolute atomic E-state index is 12.7. The number of primary amides is 1. The number of anilines is 1. The van der Waals surface area contributed by atoms with Gasteiger partial charge in [-0.2, -0.15) is 0 Å². The molecular weight excluding hydrogens is 446 g/mol. The first kappa shape index (κ1) is 22.3. The molecule has 1 atom stereocenters. The summed E-state index contributed by atoms with van der Waals surface area (Å²) >= 11 is 1.54. The Kier molecular flexibility index (Phi) is 6.42. The Hall–Kier alpha value is -3.49. The summed E-state index contributed by atoms with van der Waals surface area (Å²) in [6.07, 6.45) is 4.12. The number of nitrogens with zero attached hydrogens (tertiary/aromatic N) is 3. The van der Waals surface area contributed by atoms with Gasteiger partial charge in [-0.15, -0.1) is 11.3 Å². The van der Waals surface area contributed by atoms with Crippen molar-refractivity contribution < 1.29 is 9.59 Å². The molecule has 5 rings (SSSR count). The van der Waals surface area contributed by atoms with Crippen LogP contribution in [0.5, 0.6) is 0 Å². The number of fused-ring (bicyclic) bond motifs is 1. The van der Waals surface area contributed by atoms with E-state index < -0.39 is 0 Å². The van der Waals surface area contributed by atoms with Crippen LogP contribution >= 0.6 is 11.3 Å². The van der Waals surface area contributed by atoms with Gasteiger partial charge in [0.25, 0.3) is 0 Å². The van der Waals surface area contributed by atoms with Gasteiger partial charge in [0.15, 0.2) is 4.96 Å². The van der Waals surface area contributed by atoms with Crippen LogP contribution in [0.15, 0.2) is 66.2 Å². The molecule has 1 unspecified atom stereocenters. The number of thiazole rings is 1. The lowest BCUT2D eigenvalue weighted by molar-refractivity contribution is -0.123. The fraction of sp³-hybridized carbons (Fsp3) is 0.269. The SMILES string of the molecule is NC(=O)C1CCCN(Cc2ccc(NC(=O)Cc3csc4nc(-c5ccccc5)cn34)cc2)C1. The molecule has 174 valence electrons. The summed E-state index contributed by atoms with van der Waals surface area (Å²) in [6.45, 7) is 2.45. The van der Waals surface area contributed by atoms with Crippen molar-refractivity contribution in [2.45, 2.75) is 25.8 Å². The zero-order valence-corrected chi connectivity index (χ0v) is 19.6. The third kappa shape index (κ3) is 5.03. The molecule has 1 aliphatic rings. The molecule has 0 aliphatic carbocycles. The van der Waals surface area contributed by atoms with E-state index in [1.165, 1.54) is 11.3 Å². The number of hydrogen-bond donors (Lipinski definition) is 2. The summed E-state index contributed by atoms with van der Waals surface area (Å²) in [5.74, 6) is -0.337. The highest BCUT2D eigenvalue weighted by atomic mass is 32.1. The van der Waals surface area contributed by atoms with Gasteiger partial charge in [0, 0.05) is 41.6 Å². The number of imidazole rings is 1. The maximum atomic E-state index is 12.7. The first-order valence-electron chi connectivity index (χ1n) is 11.5. The Morgan fingerprint density at radius 1 is 1.12 bits per heavy atom. The monoisotopic (exact) mass is 473 g/mol.